The minimum atomic E-state index is 0.0225. The molecule has 88 valence electrons. The summed E-state index contributed by atoms with van der Waals surface area (Å²) in [5.74, 6) is 0.0225. The van der Waals surface area contributed by atoms with Gasteiger partial charge in [-0.15, -0.1) is 0 Å². The second kappa shape index (κ2) is 4.68. The Kier molecular flexibility index (Phi) is 3.27. The van der Waals surface area contributed by atoms with Crippen LogP contribution in [-0.2, 0) is 6.54 Å². The predicted molar refractivity (Wildman–Crippen MR) is 62.4 cm³/mol. The van der Waals surface area contributed by atoms with Crippen molar-refractivity contribution in [2.24, 2.45) is 0 Å². The molecular weight excluding hydrogens is 202 g/mol. The Morgan fingerprint density at radius 1 is 1.56 bits per heavy atom. The SMILES string of the molecule is CCn1nc(C)cc1C(=O)NC1CCCC1. The first-order chi connectivity index (χ1) is 7.70. The number of aryl methyl sites for hydroxylation is 2. The van der Waals surface area contributed by atoms with E-state index in [0.717, 1.165) is 25.1 Å². The van der Waals surface area contributed by atoms with E-state index < -0.39 is 0 Å². The number of nitrogens with zero attached hydrogens (tertiary/aromatic N) is 2. The van der Waals surface area contributed by atoms with Crippen molar-refractivity contribution < 1.29 is 4.79 Å². The Bertz CT molecular complexity index is 378. The Hall–Kier alpha value is -1.32. The van der Waals surface area contributed by atoms with Gasteiger partial charge in [-0.3, -0.25) is 9.48 Å². The van der Waals surface area contributed by atoms with Crippen molar-refractivity contribution in [1.29, 1.82) is 0 Å². The smallest absolute Gasteiger partial charge is 0.269 e. The molecule has 4 heteroatoms. The highest BCUT2D eigenvalue weighted by Gasteiger charge is 2.20. The van der Waals surface area contributed by atoms with Gasteiger partial charge in [0.05, 0.1) is 5.69 Å². The number of hydrogen-bond acceptors (Lipinski definition) is 2. The van der Waals surface area contributed by atoms with Crippen molar-refractivity contribution in [1.82, 2.24) is 15.1 Å². The van der Waals surface area contributed by atoms with Crippen molar-refractivity contribution in [3.8, 4) is 0 Å². The fourth-order valence-electron chi connectivity index (χ4n) is 2.30. The third-order valence-electron chi connectivity index (χ3n) is 3.12. The van der Waals surface area contributed by atoms with E-state index in [-0.39, 0.29) is 5.91 Å². The molecule has 1 fully saturated rings. The predicted octanol–water partition coefficient (Wildman–Crippen LogP) is 1.88. The third-order valence-corrected chi connectivity index (χ3v) is 3.12. The van der Waals surface area contributed by atoms with Crippen LogP contribution in [0.3, 0.4) is 0 Å². The molecular formula is C12H19N3O. The van der Waals surface area contributed by atoms with E-state index in [4.69, 9.17) is 0 Å². The zero-order valence-corrected chi connectivity index (χ0v) is 9.99. The summed E-state index contributed by atoms with van der Waals surface area (Å²) in [5.41, 5.74) is 1.59. The third kappa shape index (κ3) is 2.26. The first-order valence-electron chi connectivity index (χ1n) is 6.06. The fourth-order valence-corrected chi connectivity index (χ4v) is 2.30. The Morgan fingerprint density at radius 3 is 2.88 bits per heavy atom. The molecule has 0 aromatic carbocycles. The molecule has 1 N–H and O–H groups in total. The summed E-state index contributed by atoms with van der Waals surface area (Å²) in [4.78, 5) is 12.0. The van der Waals surface area contributed by atoms with E-state index in [1.54, 1.807) is 4.68 Å². The van der Waals surface area contributed by atoms with E-state index >= 15 is 0 Å². The highest BCUT2D eigenvalue weighted by atomic mass is 16.2. The van der Waals surface area contributed by atoms with Crippen LogP contribution in [0.2, 0.25) is 0 Å². The molecule has 0 aliphatic heterocycles. The summed E-state index contributed by atoms with van der Waals surface area (Å²) < 4.78 is 1.76. The lowest BCUT2D eigenvalue weighted by molar-refractivity contribution is 0.0927. The zero-order chi connectivity index (χ0) is 11.5. The Labute approximate surface area is 96.0 Å². The largest absolute Gasteiger partial charge is 0.348 e. The lowest BCUT2D eigenvalue weighted by Crippen LogP contribution is -2.34. The van der Waals surface area contributed by atoms with Crippen LogP contribution in [0.25, 0.3) is 0 Å². The molecule has 2 rings (SSSR count). The number of carbonyl (C=O) groups is 1. The van der Waals surface area contributed by atoms with Gasteiger partial charge in [0.25, 0.3) is 5.91 Å². The molecule has 16 heavy (non-hydrogen) atoms. The summed E-state index contributed by atoms with van der Waals surface area (Å²) in [7, 11) is 0. The van der Waals surface area contributed by atoms with Crippen LogP contribution in [0.5, 0.6) is 0 Å². The number of hydrogen-bond donors (Lipinski definition) is 1. The number of carbonyl (C=O) groups excluding carboxylic acids is 1. The Balaban J connectivity index is 2.07. The first-order valence-corrected chi connectivity index (χ1v) is 6.06. The molecule has 1 amide bonds. The van der Waals surface area contributed by atoms with Gasteiger partial charge in [0.2, 0.25) is 0 Å². The lowest BCUT2D eigenvalue weighted by atomic mass is 10.2. The average molecular weight is 221 g/mol. The van der Waals surface area contributed by atoms with Crippen LogP contribution < -0.4 is 5.32 Å². The van der Waals surface area contributed by atoms with Crippen molar-refractivity contribution in [2.45, 2.75) is 52.1 Å². The van der Waals surface area contributed by atoms with E-state index in [9.17, 15) is 4.79 Å². The van der Waals surface area contributed by atoms with Gasteiger partial charge in [-0.1, -0.05) is 12.8 Å². The minimum Gasteiger partial charge on any atom is -0.348 e. The fraction of sp³-hybridized carbons (Fsp3) is 0.667. The second-order valence-corrected chi connectivity index (χ2v) is 4.44. The van der Waals surface area contributed by atoms with Crippen LogP contribution >= 0.6 is 0 Å². The minimum absolute atomic E-state index is 0.0225. The molecule has 0 atom stereocenters. The summed E-state index contributed by atoms with van der Waals surface area (Å²) in [6.45, 7) is 4.65. The van der Waals surface area contributed by atoms with Gasteiger partial charge in [-0.25, -0.2) is 0 Å². The Morgan fingerprint density at radius 2 is 2.25 bits per heavy atom. The number of amides is 1. The standard InChI is InChI=1S/C12H19N3O/c1-3-15-11(8-9(2)14-15)12(16)13-10-6-4-5-7-10/h8,10H,3-7H2,1-2H3,(H,13,16). The molecule has 1 aromatic heterocycles. The van der Waals surface area contributed by atoms with E-state index in [0.29, 0.717) is 11.7 Å². The summed E-state index contributed by atoms with van der Waals surface area (Å²) in [6, 6.07) is 2.22. The van der Waals surface area contributed by atoms with Gasteiger partial charge < -0.3 is 5.32 Å². The van der Waals surface area contributed by atoms with Crippen molar-refractivity contribution in [2.75, 3.05) is 0 Å². The number of rotatable bonds is 3. The summed E-state index contributed by atoms with van der Waals surface area (Å²) in [5, 5.41) is 7.36. The molecule has 0 spiro atoms. The topological polar surface area (TPSA) is 46.9 Å². The maximum atomic E-state index is 12.0. The van der Waals surface area contributed by atoms with E-state index in [1.807, 2.05) is 19.9 Å². The monoisotopic (exact) mass is 221 g/mol. The number of nitrogens with one attached hydrogen (secondary N) is 1. The highest BCUT2D eigenvalue weighted by molar-refractivity contribution is 5.92. The van der Waals surface area contributed by atoms with Gasteiger partial charge in [0, 0.05) is 12.6 Å². The first kappa shape index (κ1) is 11.2. The van der Waals surface area contributed by atoms with Crippen molar-refractivity contribution >= 4 is 5.91 Å². The highest BCUT2D eigenvalue weighted by Crippen LogP contribution is 2.18. The van der Waals surface area contributed by atoms with E-state index in [1.165, 1.54) is 12.8 Å². The molecule has 0 unspecified atom stereocenters. The van der Waals surface area contributed by atoms with Crippen LogP contribution in [0.4, 0.5) is 0 Å². The molecule has 0 saturated heterocycles. The van der Waals surface area contributed by atoms with Gasteiger partial charge in [-0.05, 0) is 32.8 Å². The van der Waals surface area contributed by atoms with Crippen LogP contribution in [0.1, 0.15) is 48.8 Å². The van der Waals surface area contributed by atoms with Gasteiger partial charge in [0.1, 0.15) is 5.69 Å². The molecule has 1 aliphatic rings. The van der Waals surface area contributed by atoms with Gasteiger partial charge in [0.15, 0.2) is 0 Å². The summed E-state index contributed by atoms with van der Waals surface area (Å²) >= 11 is 0. The average Bonchev–Trinajstić information content (AvgIpc) is 2.86. The molecule has 1 heterocycles. The van der Waals surface area contributed by atoms with Gasteiger partial charge in [-0.2, -0.15) is 5.10 Å². The molecule has 1 saturated carbocycles. The maximum Gasteiger partial charge on any atom is 0.269 e. The molecule has 0 bridgehead atoms. The normalized spacial score (nSPS) is 16.6. The molecule has 1 aliphatic carbocycles. The molecule has 4 nitrogen and oxygen atoms in total. The summed E-state index contributed by atoms with van der Waals surface area (Å²) in [6.07, 6.45) is 4.70. The van der Waals surface area contributed by atoms with Gasteiger partial charge >= 0.3 is 0 Å². The zero-order valence-electron chi connectivity index (χ0n) is 9.99. The van der Waals surface area contributed by atoms with Crippen LogP contribution in [0.15, 0.2) is 6.07 Å². The van der Waals surface area contributed by atoms with Crippen molar-refractivity contribution in [3.05, 3.63) is 17.5 Å². The molecule has 0 radical (unpaired) electrons. The lowest BCUT2D eigenvalue weighted by Gasteiger charge is -2.12. The van der Waals surface area contributed by atoms with Crippen LogP contribution in [-0.4, -0.2) is 21.7 Å². The van der Waals surface area contributed by atoms with Crippen molar-refractivity contribution in [3.63, 3.8) is 0 Å². The quantitative estimate of drug-likeness (QED) is 0.847. The number of aromatic nitrogens is 2. The maximum absolute atomic E-state index is 12.0. The van der Waals surface area contributed by atoms with Crippen LogP contribution in [0, 0.1) is 6.92 Å². The van der Waals surface area contributed by atoms with E-state index in [2.05, 4.69) is 10.4 Å². The molecule has 1 aromatic rings. The second-order valence-electron chi connectivity index (χ2n) is 4.44.